The number of anilines is 1. The van der Waals surface area contributed by atoms with Crippen LogP contribution in [0.3, 0.4) is 0 Å². The fourth-order valence-electron chi connectivity index (χ4n) is 3.71. The number of nitrogens with zero attached hydrogens (tertiary/aromatic N) is 4. The van der Waals surface area contributed by atoms with E-state index in [0.29, 0.717) is 12.3 Å². The van der Waals surface area contributed by atoms with Gasteiger partial charge < -0.3 is 10.2 Å². The molecule has 0 aliphatic carbocycles. The van der Waals surface area contributed by atoms with Gasteiger partial charge in [-0.3, -0.25) is 9.48 Å². The summed E-state index contributed by atoms with van der Waals surface area (Å²) in [6, 6.07) is 8.18. The van der Waals surface area contributed by atoms with Gasteiger partial charge in [-0.05, 0) is 25.8 Å². The number of carbonyl (C=O) groups is 1. The second-order valence-electron chi connectivity index (χ2n) is 6.68. The summed E-state index contributed by atoms with van der Waals surface area (Å²) in [4.78, 5) is 18.5. The van der Waals surface area contributed by atoms with Crippen LogP contribution in [0.4, 0.5) is 5.69 Å². The number of nitrogens with one attached hydrogen (secondary N) is 1. The van der Waals surface area contributed by atoms with Crippen molar-refractivity contribution in [3.8, 4) is 0 Å². The first-order valence-corrected chi connectivity index (χ1v) is 8.89. The first-order chi connectivity index (χ1) is 12.1. The average molecular weight is 374 g/mol. The fourth-order valence-corrected chi connectivity index (χ4v) is 3.71. The highest BCUT2D eigenvalue weighted by atomic mass is 35.5. The van der Waals surface area contributed by atoms with E-state index in [1.54, 1.807) is 0 Å². The molecule has 0 unspecified atom stereocenters. The summed E-state index contributed by atoms with van der Waals surface area (Å²) < 4.78 is 1.84. The molecular formula is C19H24ClN5O. The SMILES string of the molecule is Cc1nn(C)c2nc3ccccc3c(NCCCN3CCCC3=O)c12.Cl. The topological polar surface area (TPSA) is 63.1 Å². The number of amides is 1. The lowest BCUT2D eigenvalue weighted by Crippen LogP contribution is -2.27. The summed E-state index contributed by atoms with van der Waals surface area (Å²) >= 11 is 0. The fraction of sp³-hybridized carbons (Fsp3) is 0.421. The predicted molar refractivity (Wildman–Crippen MR) is 107 cm³/mol. The van der Waals surface area contributed by atoms with Crippen LogP contribution in [0, 0.1) is 6.92 Å². The van der Waals surface area contributed by atoms with Gasteiger partial charge in [0.2, 0.25) is 5.91 Å². The highest BCUT2D eigenvalue weighted by molar-refractivity contribution is 6.07. The largest absolute Gasteiger partial charge is 0.384 e. The Hall–Kier alpha value is -2.34. The number of hydrogen-bond acceptors (Lipinski definition) is 4. The van der Waals surface area contributed by atoms with Crippen molar-refractivity contribution in [3.63, 3.8) is 0 Å². The average Bonchev–Trinajstić information content (AvgIpc) is 3.14. The first kappa shape index (κ1) is 18.5. The van der Waals surface area contributed by atoms with Gasteiger partial charge in [0, 0.05) is 38.5 Å². The van der Waals surface area contributed by atoms with Gasteiger partial charge in [0.1, 0.15) is 0 Å². The molecule has 138 valence electrons. The zero-order chi connectivity index (χ0) is 17.4. The van der Waals surface area contributed by atoms with Crippen LogP contribution in [-0.4, -0.2) is 45.2 Å². The summed E-state index contributed by atoms with van der Waals surface area (Å²) in [6.07, 6.45) is 2.64. The van der Waals surface area contributed by atoms with Gasteiger partial charge in [-0.25, -0.2) is 4.98 Å². The van der Waals surface area contributed by atoms with Crippen molar-refractivity contribution < 1.29 is 4.79 Å². The number of aryl methyl sites for hydroxylation is 2. The van der Waals surface area contributed by atoms with Crippen LogP contribution in [-0.2, 0) is 11.8 Å². The van der Waals surface area contributed by atoms with E-state index in [1.165, 1.54) is 0 Å². The Labute approximate surface area is 159 Å². The number of rotatable bonds is 5. The van der Waals surface area contributed by atoms with E-state index in [1.807, 2.05) is 41.8 Å². The maximum absolute atomic E-state index is 11.7. The minimum absolute atomic E-state index is 0. The smallest absolute Gasteiger partial charge is 0.222 e. The van der Waals surface area contributed by atoms with E-state index in [0.717, 1.165) is 65.8 Å². The number of carbonyl (C=O) groups excluding carboxylic acids is 1. The Morgan fingerprint density at radius 3 is 2.85 bits per heavy atom. The second-order valence-corrected chi connectivity index (χ2v) is 6.68. The molecule has 26 heavy (non-hydrogen) atoms. The van der Waals surface area contributed by atoms with Crippen LogP contribution in [0.1, 0.15) is 25.0 Å². The van der Waals surface area contributed by atoms with Crippen LogP contribution in [0.5, 0.6) is 0 Å². The minimum Gasteiger partial charge on any atom is -0.384 e. The van der Waals surface area contributed by atoms with Crippen LogP contribution in [0.25, 0.3) is 21.9 Å². The van der Waals surface area contributed by atoms with Gasteiger partial charge in [0.05, 0.1) is 22.3 Å². The molecule has 4 rings (SSSR count). The van der Waals surface area contributed by atoms with Crippen molar-refractivity contribution in [2.24, 2.45) is 7.05 Å². The van der Waals surface area contributed by atoms with E-state index in [9.17, 15) is 4.79 Å². The molecule has 1 saturated heterocycles. The molecule has 1 aliphatic rings. The van der Waals surface area contributed by atoms with Crippen molar-refractivity contribution >= 4 is 45.9 Å². The van der Waals surface area contributed by atoms with E-state index in [2.05, 4.69) is 16.5 Å². The zero-order valence-corrected chi connectivity index (χ0v) is 16.0. The summed E-state index contributed by atoms with van der Waals surface area (Å²) in [7, 11) is 1.93. The number of likely N-dealkylation sites (tertiary alicyclic amines) is 1. The highest BCUT2D eigenvalue weighted by Gasteiger charge is 2.19. The molecule has 1 N–H and O–H groups in total. The molecule has 1 amide bonds. The molecule has 3 aromatic rings. The van der Waals surface area contributed by atoms with Gasteiger partial charge >= 0.3 is 0 Å². The van der Waals surface area contributed by atoms with Crippen molar-refractivity contribution in [1.82, 2.24) is 19.7 Å². The number of benzene rings is 1. The molecule has 0 radical (unpaired) electrons. The molecule has 7 heteroatoms. The summed E-state index contributed by atoms with van der Waals surface area (Å²) in [5.74, 6) is 0.292. The molecule has 6 nitrogen and oxygen atoms in total. The first-order valence-electron chi connectivity index (χ1n) is 8.89. The molecule has 0 atom stereocenters. The number of fused-ring (bicyclic) bond motifs is 2. The van der Waals surface area contributed by atoms with Crippen LogP contribution < -0.4 is 5.32 Å². The predicted octanol–water partition coefficient (Wildman–Crippen LogP) is 3.28. The summed E-state index contributed by atoms with van der Waals surface area (Å²) in [5, 5.41) is 10.3. The quantitative estimate of drug-likeness (QED) is 0.697. The number of pyridine rings is 1. The molecular weight excluding hydrogens is 350 g/mol. The van der Waals surface area contributed by atoms with Crippen LogP contribution in [0.15, 0.2) is 24.3 Å². The van der Waals surface area contributed by atoms with E-state index in [-0.39, 0.29) is 12.4 Å². The Bertz CT molecular complexity index is 952. The van der Waals surface area contributed by atoms with Crippen LogP contribution in [0.2, 0.25) is 0 Å². The van der Waals surface area contributed by atoms with Crippen molar-refractivity contribution in [2.75, 3.05) is 25.0 Å². The van der Waals surface area contributed by atoms with Gasteiger partial charge in [0.25, 0.3) is 0 Å². The number of halogens is 1. The highest BCUT2D eigenvalue weighted by Crippen LogP contribution is 2.32. The third kappa shape index (κ3) is 3.21. The lowest BCUT2D eigenvalue weighted by molar-refractivity contribution is -0.127. The van der Waals surface area contributed by atoms with E-state index >= 15 is 0 Å². The van der Waals surface area contributed by atoms with Gasteiger partial charge in [-0.15, -0.1) is 12.4 Å². The normalized spacial score (nSPS) is 14.2. The Balaban J connectivity index is 0.00000196. The Kier molecular flexibility index (Phi) is 5.32. The van der Waals surface area contributed by atoms with E-state index in [4.69, 9.17) is 4.98 Å². The standard InChI is InChI=1S/C19H23N5O.ClH/c1-13-17-18(20-10-6-12-24-11-5-9-16(24)25)14-7-3-4-8-15(14)21-19(17)23(2)22-13;/h3-4,7-8H,5-6,9-12H2,1-2H3,(H,20,21);1H. The third-order valence-corrected chi connectivity index (χ3v) is 4.92. The maximum atomic E-state index is 11.7. The van der Waals surface area contributed by atoms with Gasteiger partial charge in [-0.1, -0.05) is 18.2 Å². The van der Waals surface area contributed by atoms with Crippen molar-refractivity contribution in [2.45, 2.75) is 26.2 Å². The lowest BCUT2D eigenvalue weighted by atomic mass is 10.1. The lowest BCUT2D eigenvalue weighted by Gasteiger charge is -2.16. The second kappa shape index (κ2) is 7.50. The van der Waals surface area contributed by atoms with Crippen molar-refractivity contribution in [1.29, 1.82) is 0 Å². The molecule has 3 heterocycles. The number of aromatic nitrogens is 3. The van der Waals surface area contributed by atoms with Gasteiger partial charge in [0.15, 0.2) is 5.65 Å². The Morgan fingerprint density at radius 2 is 2.08 bits per heavy atom. The molecule has 1 aromatic carbocycles. The minimum atomic E-state index is 0. The number of para-hydroxylation sites is 1. The van der Waals surface area contributed by atoms with Gasteiger partial charge in [-0.2, -0.15) is 5.10 Å². The summed E-state index contributed by atoms with van der Waals surface area (Å²) in [5.41, 5.74) is 3.94. The van der Waals surface area contributed by atoms with E-state index < -0.39 is 0 Å². The maximum Gasteiger partial charge on any atom is 0.222 e. The molecule has 0 saturated carbocycles. The Morgan fingerprint density at radius 1 is 1.27 bits per heavy atom. The monoisotopic (exact) mass is 373 g/mol. The molecule has 0 bridgehead atoms. The molecule has 0 spiro atoms. The summed E-state index contributed by atoms with van der Waals surface area (Å²) in [6.45, 7) is 4.57. The molecule has 1 aliphatic heterocycles. The van der Waals surface area contributed by atoms with Crippen LogP contribution >= 0.6 is 12.4 Å². The molecule has 2 aromatic heterocycles. The zero-order valence-electron chi connectivity index (χ0n) is 15.2. The molecule has 1 fully saturated rings. The number of hydrogen-bond donors (Lipinski definition) is 1. The van der Waals surface area contributed by atoms with Crippen molar-refractivity contribution in [3.05, 3.63) is 30.0 Å². The third-order valence-electron chi connectivity index (χ3n) is 4.92.